The number of halogens is 5. The molecule has 11 heteroatoms. The first-order chi connectivity index (χ1) is 23.5. The van der Waals surface area contributed by atoms with Crippen molar-refractivity contribution in [3.8, 4) is 23.0 Å². The fourth-order valence-electron chi connectivity index (χ4n) is 5.27. The summed E-state index contributed by atoms with van der Waals surface area (Å²) < 4.78 is 23.1. The molecule has 264 valence electrons. The van der Waals surface area contributed by atoms with Gasteiger partial charge >= 0.3 is 0 Å². The second-order valence-electron chi connectivity index (χ2n) is 12.3. The largest absolute Gasteiger partial charge is 0.493 e. The molecule has 4 aromatic rings. The van der Waals surface area contributed by atoms with E-state index in [1.807, 2.05) is 97.1 Å². The number of rotatable bonds is 11. The molecule has 1 N–H and O–H groups in total. The zero-order chi connectivity index (χ0) is 35.1. The average Bonchev–Trinajstić information content (AvgIpc) is 3.69. The van der Waals surface area contributed by atoms with E-state index in [1.165, 1.54) is 0 Å². The summed E-state index contributed by atoms with van der Waals surface area (Å²) in [5.41, 5.74) is -0.234. The van der Waals surface area contributed by atoms with Crippen molar-refractivity contribution < 1.29 is 18.9 Å². The number of nitrogens with zero attached hydrogens (tertiary/aromatic N) is 1. The predicted octanol–water partition coefficient (Wildman–Crippen LogP) is 10.5. The Morgan fingerprint density at radius 3 is 1.47 bits per heavy atom. The summed E-state index contributed by atoms with van der Waals surface area (Å²) in [6, 6.07) is 29.8. The zero-order valence-corrected chi connectivity index (χ0v) is 32.4. The average molecular weight is 813 g/mol. The van der Waals surface area contributed by atoms with E-state index >= 15 is 0 Å². The van der Waals surface area contributed by atoms with Crippen LogP contribution in [0.4, 0.5) is 0 Å². The maximum atomic E-state index is 6.17. The number of benzene rings is 4. The molecule has 6 nitrogen and oxygen atoms in total. The van der Waals surface area contributed by atoms with E-state index in [-0.39, 0.29) is 11.2 Å². The van der Waals surface area contributed by atoms with Gasteiger partial charge in [0, 0.05) is 64.4 Å². The number of hydrogen-bond acceptors (Lipinski definition) is 6. The second kappa shape index (κ2) is 19.9. The van der Waals surface area contributed by atoms with Gasteiger partial charge in [-0.05, 0) is 117 Å². The van der Waals surface area contributed by atoms with Gasteiger partial charge in [0.05, 0.1) is 6.61 Å². The summed E-state index contributed by atoms with van der Waals surface area (Å²) in [6.45, 7) is 10.3. The molecule has 2 saturated heterocycles. The summed E-state index contributed by atoms with van der Waals surface area (Å²) in [5.74, 6) is 3.45. The van der Waals surface area contributed by atoms with Crippen LogP contribution in [0.25, 0.3) is 0 Å². The number of likely N-dealkylation sites (tertiary alicyclic amines) is 1. The van der Waals surface area contributed by atoms with Gasteiger partial charge in [0.25, 0.3) is 0 Å². The van der Waals surface area contributed by atoms with Gasteiger partial charge in [-0.15, -0.1) is 0 Å². The van der Waals surface area contributed by atoms with Crippen molar-refractivity contribution in [1.29, 1.82) is 0 Å². The molecule has 0 aliphatic carbocycles. The molecule has 0 bridgehead atoms. The molecule has 2 heterocycles. The number of nitrogens with one attached hydrogen (secondary N) is 1. The molecule has 49 heavy (non-hydrogen) atoms. The van der Waals surface area contributed by atoms with Crippen molar-refractivity contribution in [3.05, 3.63) is 117 Å². The van der Waals surface area contributed by atoms with Gasteiger partial charge in [-0.25, -0.2) is 0 Å². The van der Waals surface area contributed by atoms with Gasteiger partial charge in [-0.2, -0.15) is 0 Å². The third kappa shape index (κ3) is 14.4. The molecule has 2 aliphatic rings. The highest BCUT2D eigenvalue weighted by Crippen LogP contribution is 2.29. The van der Waals surface area contributed by atoms with Gasteiger partial charge < -0.3 is 24.3 Å². The molecule has 6 rings (SSSR count). The second-order valence-corrected chi connectivity index (χ2v) is 14.8. The standard InChI is InChI=1S/C19H21Cl2NO2.C11H14ClNO.C8H8BrClO/c1-19(24-18-8-4-16(21)5-9-18)10-11-22(14-19)12-13-23-17-6-2-15(20)3-7-17;1-11(6-7-13-8-11)14-10-4-2-9(12)3-5-10;9-5-6-11-8-3-1-7(10)2-4-8/h2-9H,10-14H2,1H3;2-5,13H,6-8H2,1H3;1-4H,5-6H2. The Kier molecular flexibility index (Phi) is 16.0. The molecular formula is C38H43BrCl4N2O4. The molecule has 0 radical (unpaired) electrons. The summed E-state index contributed by atoms with van der Waals surface area (Å²) >= 11 is 26.5. The van der Waals surface area contributed by atoms with Crippen molar-refractivity contribution in [2.45, 2.75) is 37.9 Å². The zero-order valence-electron chi connectivity index (χ0n) is 27.8. The Balaban J connectivity index is 0.000000183. The Labute approximate surface area is 319 Å². The molecule has 2 unspecified atom stereocenters. The lowest BCUT2D eigenvalue weighted by atomic mass is 10.1. The van der Waals surface area contributed by atoms with Crippen LogP contribution in [-0.2, 0) is 0 Å². The van der Waals surface area contributed by atoms with Crippen LogP contribution in [0.5, 0.6) is 23.0 Å². The Hall–Kier alpha value is -2.36. The van der Waals surface area contributed by atoms with Crippen molar-refractivity contribution in [3.63, 3.8) is 0 Å². The Morgan fingerprint density at radius 1 is 0.612 bits per heavy atom. The first-order valence-corrected chi connectivity index (χ1v) is 18.8. The summed E-state index contributed by atoms with van der Waals surface area (Å²) in [4.78, 5) is 2.37. The first kappa shape index (κ1) is 39.4. The first-order valence-electron chi connectivity index (χ1n) is 16.2. The lowest BCUT2D eigenvalue weighted by Gasteiger charge is -2.26. The Morgan fingerprint density at radius 2 is 1.04 bits per heavy atom. The number of hydrogen-bond donors (Lipinski definition) is 1. The van der Waals surface area contributed by atoms with E-state index in [2.05, 4.69) is 40.0 Å². The van der Waals surface area contributed by atoms with Crippen LogP contribution in [-0.4, -0.2) is 67.4 Å². The smallest absolute Gasteiger partial charge is 0.120 e. The van der Waals surface area contributed by atoms with Gasteiger partial charge in [0.2, 0.25) is 0 Å². The van der Waals surface area contributed by atoms with Crippen LogP contribution in [0.3, 0.4) is 0 Å². The highest BCUT2D eigenvalue weighted by Gasteiger charge is 2.35. The number of ether oxygens (including phenoxy) is 4. The minimum atomic E-state index is -0.173. The lowest BCUT2D eigenvalue weighted by molar-refractivity contribution is 0.0935. The molecule has 2 aliphatic heterocycles. The van der Waals surface area contributed by atoms with E-state index in [4.69, 9.17) is 65.4 Å². The van der Waals surface area contributed by atoms with Crippen molar-refractivity contribution in [1.82, 2.24) is 10.2 Å². The van der Waals surface area contributed by atoms with Crippen LogP contribution in [0.1, 0.15) is 26.7 Å². The van der Waals surface area contributed by atoms with E-state index in [0.717, 1.165) is 94.0 Å². The van der Waals surface area contributed by atoms with Gasteiger partial charge in [0.1, 0.15) is 40.8 Å². The highest BCUT2D eigenvalue weighted by atomic mass is 79.9. The third-order valence-electron chi connectivity index (χ3n) is 7.85. The van der Waals surface area contributed by atoms with Crippen molar-refractivity contribution in [2.24, 2.45) is 0 Å². The summed E-state index contributed by atoms with van der Waals surface area (Å²) in [6.07, 6.45) is 2.05. The van der Waals surface area contributed by atoms with E-state index < -0.39 is 0 Å². The minimum absolute atomic E-state index is 0.0617. The summed E-state index contributed by atoms with van der Waals surface area (Å²) in [7, 11) is 0. The van der Waals surface area contributed by atoms with Crippen LogP contribution in [0, 0.1) is 0 Å². The molecule has 2 fully saturated rings. The highest BCUT2D eigenvalue weighted by molar-refractivity contribution is 9.09. The maximum Gasteiger partial charge on any atom is 0.120 e. The monoisotopic (exact) mass is 810 g/mol. The summed E-state index contributed by atoms with van der Waals surface area (Å²) in [5, 5.41) is 7.05. The van der Waals surface area contributed by atoms with Crippen molar-refractivity contribution in [2.75, 3.05) is 51.3 Å². The van der Waals surface area contributed by atoms with Crippen molar-refractivity contribution >= 4 is 62.3 Å². The van der Waals surface area contributed by atoms with Gasteiger partial charge in [-0.3, -0.25) is 4.90 Å². The normalized spacial score (nSPS) is 20.0. The SMILES string of the molecule is CC1(Oc2ccc(Cl)cc2)CCN(CCOc2ccc(Cl)cc2)C1.CC1(Oc2ccc(Cl)cc2)CCNC1.Clc1ccc(OCCBr)cc1. The maximum absolute atomic E-state index is 6.17. The fraction of sp³-hybridized carbons (Fsp3) is 0.368. The molecule has 0 spiro atoms. The van der Waals surface area contributed by atoms with Gasteiger partial charge in [-0.1, -0.05) is 62.3 Å². The molecular weight excluding hydrogens is 770 g/mol. The van der Waals surface area contributed by atoms with E-state index in [0.29, 0.717) is 13.2 Å². The predicted molar refractivity (Wildman–Crippen MR) is 207 cm³/mol. The minimum Gasteiger partial charge on any atom is -0.493 e. The Bertz CT molecular complexity index is 1520. The molecule has 0 amide bonds. The quantitative estimate of drug-likeness (QED) is 0.152. The van der Waals surface area contributed by atoms with Gasteiger partial charge in [0.15, 0.2) is 0 Å². The molecule has 4 aromatic carbocycles. The van der Waals surface area contributed by atoms with E-state index in [1.54, 1.807) is 0 Å². The van der Waals surface area contributed by atoms with Crippen LogP contribution >= 0.6 is 62.3 Å². The van der Waals surface area contributed by atoms with Crippen LogP contribution in [0.2, 0.25) is 20.1 Å². The molecule has 2 atom stereocenters. The third-order valence-corrected chi connectivity index (χ3v) is 9.18. The molecule has 0 saturated carbocycles. The van der Waals surface area contributed by atoms with E-state index in [9.17, 15) is 0 Å². The fourth-order valence-corrected chi connectivity index (χ4v) is 5.93. The topological polar surface area (TPSA) is 52.2 Å². The molecule has 0 aromatic heterocycles. The van der Waals surface area contributed by atoms with Crippen LogP contribution < -0.4 is 24.3 Å². The lowest BCUT2D eigenvalue weighted by Crippen LogP contribution is -2.37. The number of alkyl halides is 1. The van der Waals surface area contributed by atoms with Crippen LogP contribution in [0.15, 0.2) is 97.1 Å².